The molecule has 0 N–H and O–H groups in total. The van der Waals surface area contributed by atoms with Crippen LogP contribution in [-0.2, 0) is 4.74 Å². The first-order chi connectivity index (χ1) is 9.31. The van der Waals surface area contributed by atoms with Gasteiger partial charge in [-0.15, -0.1) is 0 Å². The zero-order chi connectivity index (χ0) is 12.8. The number of piperidine rings is 1. The van der Waals surface area contributed by atoms with E-state index in [1.165, 1.54) is 32.2 Å². The average molecular weight is 263 g/mol. The van der Waals surface area contributed by atoms with Crippen molar-refractivity contribution in [2.75, 3.05) is 19.7 Å². The second-order valence-corrected chi connectivity index (χ2v) is 6.28. The predicted molar refractivity (Wildman–Crippen MR) is 68.7 cm³/mol. The number of hydrogen-bond donors (Lipinski definition) is 0. The Morgan fingerprint density at radius 3 is 3.05 bits per heavy atom. The van der Waals surface area contributed by atoms with E-state index < -0.39 is 0 Å². The van der Waals surface area contributed by atoms with Gasteiger partial charge in [0.15, 0.2) is 0 Å². The minimum atomic E-state index is 0.000839. The highest BCUT2D eigenvalue weighted by atomic mass is 16.5. The Kier molecular flexibility index (Phi) is 2.84. The Hall–Kier alpha value is -0.940. The van der Waals surface area contributed by atoms with Gasteiger partial charge in [-0.25, -0.2) is 0 Å². The number of nitrogens with zero attached hydrogens (tertiary/aromatic N) is 3. The molecular weight excluding hydrogens is 242 g/mol. The summed E-state index contributed by atoms with van der Waals surface area (Å²) in [5.41, 5.74) is 0. The van der Waals surface area contributed by atoms with Crippen LogP contribution >= 0.6 is 0 Å². The fourth-order valence-electron chi connectivity index (χ4n) is 3.33. The van der Waals surface area contributed by atoms with Crippen molar-refractivity contribution in [3.63, 3.8) is 0 Å². The van der Waals surface area contributed by atoms with Crippen LogP contribution in [0.1, 0.15) is 56.3 Å². The Labute approximate surface area is 113 Å². The molecule has 2 saturated heterocycles. The predicted octanol–water partition coefficient (Wildman–Crippen LogP) is 2.12. The van der Waals surface area contributed by atoms with Gasteiger partial charge in [0.05, 0.1) is 6.61 Å². The van der Waals surface area contributed by atoms with E-state index in [9.17, 15) is 0 Å². The molecule has 0 unspecified atom stereocenters. The molecule has 3 heterocycles. The molecule has 0 amide bonds. The lowest BCUT2D eigenvalue weighted by molar-refractivity contribution is -0.0805. The summed E-state index contributed by atoms with van der Waals surface area (Å²) >= 11 is 0. The van der Waals surface area contributed by atoms with E-state index in [0.717, 1.165) is 24.9 Å². The van der Waals surface area contributed by atoms with Crippen LogP contribution < -0.4 is 0 Å². The van der Waals surface area contributed by atoms with Gasteiger partial charge >= 0.3 is 0 Å². The van der Waals surface area contributed by atoms with E-state index in [1.807, 2.05) is 0 Å². The summed E-state index contributed by atoms with van der Waals surface area (Å²) in [6, 6.07) is 0.611. The lowest BCUT2D eigenvalue weighted by Crippen LogP contribution is -2.49. The third-order valence-electron chi connectivity index (χ3n) is 4.81. The molecule has 1 aliphatic carbocycles. The lowest BCUT2D eigenvalue weighted by atomic mass is 10.0. The summed E-state index contributed by atoms with van der Waals surface area (Å²) in [7, 11) is 0. The standard InChI is InChI=1S/C14H21N3O2/c1-9-6-11(9)14-15-13(16-19-14)12-7-17-5-3-2-4-10(17)8-18-12/h9-12H,2-8H2,1H3/t9-,10+,11-,12-/m1/s1. The Bertz CT molecular complexity index is 461. The van der Waals surface area contributed by atoms with Gasteiger partial charge in [0, 0.05) is 18.5 Å². The van der Waals surface area contributed by atoms with Crippen molar-refractivity contribution in [2.45, 2.75) is 50.7 Å². The second-order valence-electron chi connectivity index (χ2n) is 6.28. The summed E-state index contributed by atoms with van der Waals surface area (Å²) in [5.74, 6) is 2.75. The molecule has 1 aromatic rings. The molecule has 3 aliphatic rings. The van der Waals surface area contributed by atoms with Crippen LogP contribution in [0, 0.1) is 5.92 Å². The van der Waals surface area contributed by atoms with Gasteiger partial charge in [-0.2, -0.15) is 4.98 Å². The first-order valence-electron chi connectivity index (χ1n) is 7.50. The van der Waals surface area contributed by atoms with E-state index >= 15 is 0 Å². The van der Waals surface area contributed by atoms with Crippen molar-refractivity contribution in [1.29, 1.82) is 0 Å². The molecule has 2 aliphatic heterocycles. The van der Waals surface area contributed by atoms with Crippen LogP contribution in [-0.4, -0.2) is 40.8 Å². The molecule has 4 atom stereocenters. The van der Waals surface area contributed by atoms with Crippen LogP contribution in [0.4, 0.5) is 0 Å². The minimum Gasteiger partial charge on any atom is -0.367 e. The SMILES string of the molecule is C[C@@H]1C[C@H]1c1nc([C@H]2CN3CCCC[C@H]3CO2)no1. The highest BCUT2D eigenvalue weighted by Gasteiger charge is 2.40. The topological polar surface area (TPSA) is 51.4 Å². The van der Waals surface area contributed by atoms with Gasteiger partial charge in [-0.05, 0) is 31.7 Å². The molecule has 0 radical (unpaired) electrons. The maximum Gasteiger partial charge on any atom is 0.230 e. The van der Waals surface area contributed by atoms with Crippen molar-refractivity contribution >= 4 is 0 Å². The fraction of sp³-hybridized carbons (Fsp3) is 0.857. The summed E-state index contributed by atoms with van der Waals surface area (Å²) in [6.07, 6.45) is 5.09. The van der Waals surface area contributed by atoms with Gasteiger partial charge in [0.2, 0.25) is 11.7 Å². The molecule has 1 aromatic heterocycles. The molecule has 1 saturated carbocycles. The van der Waals surface area contributed by atoms with Crippen LogP contribution in [0.5, 0.6) is 0 Å². The summed E-state index contributed by atoms with van der Waals surface area (Å²) in [4.78, 5) is 7.09. The molecule has 19 heavy (non-hydrogen) atoms. The van der Waals surface area contributed by atoms with Crippen LogP contribution in [0.25, 0.3) is 0 Å². The Morgan fingerprint density at radius 2 is 2.21 bits per heavy atom. The van der Waals surface area contributed by atoms with Crippen LogP contribution in [0.15, 0.2) is 4.52 Å². The van der Waals surface area contributed by atoms with Crippen LogP contribution in [0.2, 0.25) is 0 Å². The molecule has 0 bridgehead atoms. The Balaban J connectivity index is 1.45. The number of rotatable bonds is 2. The van der Waals surface area contributed by atoms with Gasteiger partial charge in [0.1, 0.15) is 6.10 Å². The molecule has 0 aromatic carbocycles. The normalized spacial score (nSPS) is 39.0. The number of hydrogen-bond acceptors (Lipinski definition) is 5. The van der Waals surface area contributed by atoms with Crippen molar-refractivity contribution in [2.24, 2.45) is 5.92 Å². The third-order valence-corrected chi connectivity index (χ3v) is 4.81. The molecule has 3 fully saturated rings. The zero-order valence-electron chi connectivity index (χ0n) is 11.4. The maximum absolute atomic E-state index is 5.95. The number of aromatic nitrogens is 2. The summed E-state index contributed by atoms with van der Waals surface area (Å²) < 4.78 is 11.3. The summed E-state index contributed by atoms with van der Waals surface area (Å²) in [5, 5.41) is 4.14. The third kappa shape index (κ3) is 2.19. The molecule has 0 spiro atoms. The van der Waals surface area contributed by atoms with E-state index in [2.05, 4.69) is 22.0 Å². The first-order valence-corrected chi connectivity index (χ1v) is 7.50. The van der Waals surface area contributed by atoms with Crippen molar-refractivity contribution in [3.8, 4) is 0 Å². The molecule has 4 rings (SSSR count). The summed E-state index contributed by atoms with van der Waals surface area (Å²) in [6.45, 7) is 5.15. The van der Waals surface area contributed by atoms with E-state index in [4.69, 9.17) is 9.26 Å². The lowest BCUT2D eigenvalue weighted by Gasteiger charge is -2.41. The van der Waals surface area contributed by atoms with Gasteiger partial charge in [-0.1, -0.05) is 18.5 Å². The zero-order valence-corrected chi connectivity index (χ0v) is 11.4. The molecule has 5 nitrogen and oxygen atoms in total. The number of ether oxygens (including phenoxy) is 1. The molecule has 5 heteroatoms. The van der Waals surface area contributed by atoms with Crippen molar-refractivity contribution in [3.05, 3.63) is 11.7 Å². The smallest absolute Gasteiger partial charge is 0.230 e. The number of morpholine rings is 1. The number of fused-ring (bicyclic) bond motifs is 1. The highest BCUT2D eigenvalue weighted by Crippen LogP contribution is 2.46. The molecular formula is C14H21N3O2. The van der Waals surface area contributed by atoms with Crippen LogP contribution in [0.3, 0.4) is 0 Å². The quantitative estimate of drug-likeness (QED) is 0.818. The van der Waals surface area contributed by atoms with E-state index in [1.54, 1.807) is 0 Å². The monoisotopic (exact) mass is 263 g/mol. The van der Waals surface area contributed by atoms with Crippen molar-refractivity contribution in [1.82, 2.24) is 15.0 Å². The minimum absolute atomic E-state index is 0.000839. The highest BCUT2D eigenvalue weighted by molar-refractivity contribution is 5.07. The van der Waals surface area contributed by atoms with E-state index in [0.29, 0.717) is 17.9 Å². The second kappa shape index (κ2) is 4.56. The fourth-order valence-corrected chi connectivity index (χ4v) is 3.33. The maximum atomic E-state index is 5.95. The largest absolute Gasteiger partial charge is 0.367 e. The first kappa shape index (κ1) is 11.9. The van der Waals surface area contributed by atoms with Gasteiger partial charge in [0.25, 0.3) is 0 Å². The van der Waals surface area contributed by atoms with Gasteiger partial charge in [-0.3, -0.25) is 4.90 Å². The van der Waals surface area contributed by atoms with Crippen molar-refractivity contribution < 1.29 is 9.26 Å². The van der Waals surface area contributed by atoms with E-state index in [-0.39, 0.29) is 6.10 Å². The average Bonchev–Trinajstić information content (AvgIpc) is 3.00. The molecule has 104 valence electrons. The van der Waals surface area contributed by atoms with Gasteiger partial charge < -0.3 is 9.26 Å². The Morgan fingerprint density at radius 1 is 1.32 bits per heavy atom.